The summed E-state index contributed by atoms with van der Waals surface area (Å²) in [5.41, 5.74) is 1.60. The number of nitrogens with one attached hydrogen (secondary N) is 1. The molecule has 0 aliphatic heterocycles. The number of nitrogens with zero attached hydrogens (tertiary/aromatic N) is 2. The van der Waals surface area contributed by atoms with Gasteiger partial charge in [0.15, 0.2) is 5.65 Å². The molecule has 2 radical (unpaired) electrons. The fraction of sp³-hybridized carbons (Fsp3) is 0.222. The first-order valence-corrected chi connectivity index (χ1v) is 4.41. The lowest BCUT2D eigenvalue weighted by molar-refractivity contribution is 0.163. The van der Waals surface area contributed by atoms with Gasteiger partial charge >= 0.3 is 0 Å². The highest BCUT2D eigenvalue weighted by molar-refractivity contribution is 6.32. The van der Waals surface area contributed by atoms with Gasteiger partial charge in [0.1, 0.15) is 7.85 Å². The van der Waals surface area contributed by atoms with Crippen LogP contribution in [0.5, 0.6) is 0 Å². The van der Waals surface area contributed by atoms with E-state index in [1.54, 1.807) is 29.1 Å². The van der Waals surface area contributed by atoms with Gasteiger partial charge in [-0.05, 0) is 6.07 Å². The smallest absolute Gasteiger partial charge is 0.255 e. The van der Waals surface area contributed by atoms with Crippen LogP contribution in [0.15, 0.2) is 24.7 Å². The quantitative estimate of drug-likeness (QED) is 0.754. The van der Waals surface area contributed by atoms with Crippen LogP contribution >= 0.6 is 0 Å². The molecule has 0 saturated heterocycles. The van der Waals surface area contributed by atoms with Gasteiger partial charge in [-0.15, -0.1) is 0 Å². The van der Waals surface area contributed by atoms with Crippen LogP contribution in [-0.2, 0) is 0 Å². The monoisotopic (exact) mass is 207 g/mol. The normalized spacial score (nSPS) is 11.1. The first kappa shape index (κ1) is 9.95. The van der Waals surface area contributed by atoms with Crippen molar-refractivity contribution in [3.05, 3.63) is 24.7 Å². The lowest BCUT2D eigenvalue weighted by Crippen LogP contribution is -2.14. The Kier molecular flexibility index (Phi) is 2.57. The Morgan fingerprint density at radius 3 is 3.07 bits per heavy atom. The molecule has 0 amide bonds. The second-order valence-corrected chi connectivity index (χ2v) is 3.12. The van der Waals surface area contributed by atoms with Gasteiger partial charge in [0.2, 0.25) is 0 Å². The molecule has 76 valence electrons. The molecule has 0 atom stereocenters. The average Bonchev–Trinajstić information content (AvgIpc) is 2.61. The Hall–Kier alpha value is -1.59. The molecule has 15 heavy (non-hydrogen) atoms. The van der Waals surface area contributed by atoms with Crippen molar-refractivity contribution in [3.8, 4) is 0 Å². The summed E-state index contributed by atoms with van der Waals surface area (Å²) < 4.78 is 25.7. The lowest BCUT2D eigenvalue weighted by atomic mass is 9.98. The van der Waals surface area contributed by atoms with Gasteiger partial charge in [0.05, 0.1) is 12.2 Å². The molecule has 2 heterocycles. The molecule has 0 aromatic carbocycles. The molecule has 0 spiro atoms. The van der Waals surface area contributed by atoms with E-state index in [4.69, 9.17) is 7.85 Å². The number of pyridine rings is 1. The number of aromatic nitrogens is 2. The first-order valence-electron chi connectivity index (χ1n) is 4.41. The van der Waals surface area contributed by atoms with Crippen LogP contribution in [0, 0.1) is 0 Å². The van der Waals surface area contributed by atoms with Crippen molar-refractivity contribution < 1.29 is 8.78 Å². The van der Waals surface area contributed by atoms with Gasteiger partial charge in [0, 0.05) is 18.6 Å². The minimum Gasteiger partial charge on any atom is -0.376 e. The average molecular weight is 207 g/mol. The van der Waals surface area contributed by atoms with Gasteiger partial charge in [-0.25, -0.2) is 13.8 Å². The maximum Gasteiger partial charge on any atom is 0.255 e. The molecule has 0 aliphatic rings. The zero-order chi connectivity index (χ0) is 10.8. The van der Waals surface area contributed by atoms with Crippen LogP contribution in [-0.4, -0.2) is 30.2 Å². The minimum absolute atomic E-state index is 0.411. The summed E-state index contributed by atoms with van der Waals surface area (Å²) in [5.74, 6) is 0. The van der Waals surface area contributed by atoms with Crippen molar-refractivity contribution in [2.45, 2.75) is 6.43 Å². The number of halogens is 2. The third-order valence-electron chi connectivity index (χ3n) is 1.96. The fourth-order valence-electron chi connectivity index (χ4n) is 1.37. The zero-order valence-electron chi connectivity index (χ0n) is 7.82. The number of hydrogen-bond donors (Lipinski definition) is 1. The SMILES string of the molecule is [B]c1cc(NCC(F)F)c2nccn2c1. The minimum atomic E-state index is -2.40. The predicted octanol–water partition coefficient (Wildman–Crippen LogP) is 0.805. The van der Waals surface area contributed by atoms with Crippen molar-refractivity contribution in [2.24, 2.45) is 0 Å². The number of rotatable bonds is 3. The molecule has 0 fully saturated rings. The predicted molar refractivity (Wildman–Crippen MR) is 55.1 cm³/mol. The topological polar surface area (TPSA) is 29.3 Å². The number of imidazole rings is 1. The van der Waals surface area contributed by atoms with E-state index < -0.39 is 13.0 Å². The fourth-order valence-corrected chi connectivity index (χ4v) is 1.37. The number of fused-ring (bicyclic) bond motifs is 1. The second kappa shape index (κ2) is 3.88. The van der Waals surface area contributed by atoms with E-state index >= 15 is 0 Å². The lowest BCUT2D eigenvalue weighted by Gasteiger charge is -2.08. The van der Waals surface area contributed by atoms with Crippen LogP contribution in [0.1, 0.15) is 0 Å². The highest BCUT2D eigenvalue weighted by atomic mass is 19.3. The van der Waals surface area contributed by atoms with Gasteiger partial charge in [0.25, 0.3) is 6.43 Å². The van der Waals surface area contributed by atoms with Crippen molar-refractivity contribution >= 4 is 24.6 Å². The molecule has 0 saturated carbocycles. The molecule has 2 rings (SSSR count). The molecule has 6 heteroatoms. The number of hydrogen-bond acceptors (Lipinski definition) is 2. The largest absolute Gasteiger partial charge is 0.376 e. The van der Waals surface area contributed by atoms with Crippen LogP contribution in [0.25, 0.3) is 5.65 Å². The van der Waals surface area contributed by atoms with E-state index in [0.717, 1.165) is 0 Å². The van der Waals surface area contributed by atoms with E-state index in [-0.39, 0.29) is 0 Å². The molecule has 2 aromatic heterocycles. The Balaban J connectivity index is 2.35. The van der Waals surface area contributed by atoms with Crippen molar-refractivity contribution in [2.75, 3.05) is 11.9 Å². The summed E-state index contributed by atoms with van der Waals surface area (Å²) in [5, 5.41) is 2.60. The Bertz CT molecular complexity index is 469. The van der Waals surface area contributed by atoms with E-state index in [9.17, 15) is 8.78 Å². The highest BCUT2D eigenvalue weighted by Crippen LogP contribution is 2.13. The van der Waals surface area contributed by atoms with Crippen molar-refractivity contribution in [1.29, 1.82) is 0 Å². The summed E-state index contributed by atoms with van der Waals surface area (Å²) in [6.45, 7) is -0.411. The maximum atomic E-state index is 12.0. The van der Waals surface area contributed by atoms with E-state index in [2.05, 4.69) is 10.3 Å². The summed E-state index contributed by atoms with van der Waals surface area (Å²) in [6, 6.07) is 1.59. The third-order valence-corrected chi connectivity index (χ3v) is 1.96. The van der Waals surface area contributed by atoms with Gasteiger partial charge in [-0.2, -0.15) is 0 Å². The third kappa shape index (κ3) is 2.08. The molecule has 3 nitrogen and oxygen atoms in total. The van der Waals surface area contributed by atoms with E-state index in [1.807, 2.05) is 0 Å². The molecular formula is C9H8BF2N3. The van der Waals surface area contributed by atoms with E-state index in [1.165, 1.54) is 0 Å². The summed E-state index contributed by atoms with van der Waals surface area (Å²) in [7, 11) is 5.61. The van der Waals surface area contributed by atoms with Crippen LogP contribution < -0.4 is 10.8 Å². The molecular weight excluding hydrogens is 199 g/mol. The Labute approximate surface area is 86.5 Å². The number of anilines is 1. The van der Waals surface area contributed by atoms with Gasteiger partial charge < -0.3 is 9.72 Å². The summed E-state index contributed by atoms with van der Waals surface area (Å²) >= 11 is 0. The van der Waals surface area contributed by atoms with Crippen molar-refractivity contribution in [3.63, 3.8) is 0 Å². The summed E-state index contributed by atoms with van der Waals surface area (Å²) in [4.78, 5) is 4.04. The maximum absolute atomic E-state index is 12.0. The van der Waals surface area contributed by atoms with Crippen LogP contribution in [0.2, 0.25) is 0 Å². The van der Waals surface area contributed by atoms with Gasteiger partial charge in [-0.1, -0.05) is 5.46 Å². The van der Waals surface area contributed by atoms with Crippen LogP contribution in [0.4, 0.5) is 14.5 Å². The molecule has 0 aliphatic carbocycles. The summed E-state index contributed by atoms with van der Waals surface area (Å²) in [6.07, 6.45) is 2.57. The Morgan fingerprint density at radius 1 is 1.53 bits per heavy atom. The highest BCUT2D eigenvalue weighted by Gasteiger charge is 2.06. The standard InChI is InChI=1S/C9H8BF2N3/c10-6-3-7(14-4-8(11)12)9-13-1-2-15(9)5-6/h1-3,5,8,14H,4H2. The second-order valence-electron chi connectivity index (χ2n) is 3.12. The molecule has 1 N–H and O–H groups in total. The molecule has 0 bridgehead atoms. The molecule has 0 unspecified atom stereocenters. The zero-order valence-corrected chi connectivity index (χ0v) is 7.82. The number of alkyl halides is 2. The van der Waals surface area contributed by atoms with Gasteiger partial charge in [-0.3, -0.25) is 0 Å². The van der Waals surface area contributed by atoms with E-state index in [0.29, 0.717) is 16.8 Å². The van der Waals surface area contributed by atoms with Crippen LogP contribution in [0.3, 0.4) is 0 Å². The molecule has 2 aromatic rings. The first-order chi connectivity index (χ1) is 7.16. The Morgan fingerprint density at radius 2 is 2.33 bits per heavy atom. The van der Waals surface area contributed by atoms with Crippen molar-refractivity contribution in [1.82, 2.24) is 9.38 Å².